The van der Waals surface area contributed by atoms with Crippen molar-refractivity contribution in [3.8, 4) is 6.07 Å². The van der Waals surface area contributed by atoms with Gasteiger partial charge in [-0.1, -0.05) is 75.5 Å². The van der Waals surface area contributed by atoms with Gasteiger partial charge in [-0.2, -0.15) is 5.26 Å². The standard InChI is InChI=1S/C23H16BrCl2NO/c24-18-8-4-16(5-9-18)23(28)13-21(15-6-10-19(25)11-7-15)22(14-27)17-2-1-3-20(26)12-17/h1-12,21-22H,13H2/t21-,22+/m1/s1. The van der Waals surface area contributed by atoms with E-state index in [9.17, 15) is 10.1 Å². The Hall–Kier alpha value is -2.12. The molecular weight excluding hydrogens is 457 g/mol. The van der Waals surface area contributed by atoms with Gasteiger partial charge in [0.25, 0.3) is 0 Å². The fourth-order valence-electron chi connectivity index (χ4n) is 3.19. The number of carbonyl (C=O) groups excluding carboxylic acids is 1. The van der Waals surface area contributed by atoms with Crippen LogP contribution in [0.25, 0.3) is 0 Å². The van der Waals surface area contributed by atoms with Crippen LogP contribution in [0.5, 0.6) is 0 Å². The molecule has 0 heterocycles. The first kappa shape index (κ1) is 20.6. The number of Topliss-reactive ketones (excluding diaryl/α,β-unsaturated/α-hetero) is 1. The van der Waals surface area contributed by atoms with Crippen LogP contribution in [0, 0.1) is 11.3 Å². The number of nitrogens with zero attached hydrogens (tertiary/aromatic N) is 1. The molecule has 2 atom stereocenters. The number of rotatable bonds is 6. The molecule has 0 aliphatic carbocycles. The smallest absolute Gasteiger partial charge is 0.163 e. The van der Waals surface area contributed by atoms with Gasteiger partial charge in [0.15, 0.2) is 5.78 Å². The lowest BCUT2D eigenvalue weighted by Crippen LogP contribution is -2.15. The van der Waals surface area contributed by atoms with E-state index in [0.29, 0.717) is 15.6 Å². The van der Waals surface area contributed by atoms with Crippen molar-refractivity contribution >= 4 is 44.9 Å². The van der Waals surface area contributed by atoms with Crippen molar-refractivity contribution in [1.82, 2.24) is 0 Å². The van der Waals surface area contributed by atoms with Crippen molar-refractivity contribution in [2.24, 2.45) is 0 Å². The summed E-state index contributed by atoms with van der Waals surface area (Å²) in [5, 5.41) is 11.1. The highest BCUT2D eigenvalue weighted by Crippen LogP contribution is 2.37. The highest BCUT2D eigenvalue weighted by molar-refractivity contribution is 9.10. The molecule has 3 rings (SSSR count). The first-order valence-corrected chi connectivity index (χ1v) is 10.2. The van der Waals surface area contributed by atoms with E-state index in [0.717, 1.165) is 15.6 Å². The molecule has 0 radical (unpaired) electrons. The van der Waals surface area contributed by atoms with Gasteiger partial charge in [0.1, 0.15) is 0 Å². The Balaban J connectivity index is 1.99. The molecule has 0 spiro atoms. The van der Waals surface area contributed by atoms with Gasteiger partial charge in [-0.15, -0.1) is 0 Å². The molecule has 2 nitrogen and oxygen atoms in total. The quantitative estimate of drug-likeness (QED) is 0.350. The predicted octanol–water partition coefficient (Wildman–Crippen LogP) is 7.42. The molecule has 0 bridgehead atoms. The van der Waals surface area contributed by atoms with Gasteiger partial charge >= 0.3 is 0 Å². The maximum atomic E-state index is 12.9. The third kappa shape index (κ3) is 5.02. The van der Waals surface area contributed by atoms with Crippen LogP contribution < -0.4 is 0 Å². The number of hydrogen-bond donors (Lipinski definition) is 0. The first-order valence-electron chi connectivity index (χ1n) is 8.67. The molecule has 3 aromatic rings. The number of benzene rings is 3. The van der Waals surface area contributed by atoms with E-state index in [1.807, 2.05) is 36.4 Å². The average Bonchev–Trinajstić information content (AvgIpc) is 2.69. The summed E-state index contributed by atoms with van der Waals surface area (Å²) in [6.07, 6.45) is 0.202. The molecule has 0 aromatic heterocycles. The Kier molecular flexibility index (Phi) is 6.91. The number of carbonyl (C=O) groups is 1. The normalized spacial score (nSPS) is 12.8. The second kappa shape index (κ2) is 9.39. The molecule has 3 aromatic carbocycles. The van der Waals surface area contributed by atoms with Gasteiger partial charge in [0.2, 0.25) is 0 Å². The number of nitriles is 1. The fraction of sp³-hybridized carbons (Fsp3) is 0.130. The van der Waals surface area contributed by atoms with Gasteiger partial charge in [0, 0.05) is 32.4 Å². The molecule has 0 aliphatic rings. The first-order chi connectivity index (χ1) is 13.5. The van der Waals surface area contributed by atoms with E-state index in [4.69, 9.17) is 23.2 Å². The third-order valence-corrected chi connectivity index (χ3v) is 5.63. The van der Waals surface area contributed by atoms with E-state index >= 15 is 0 Å². The van der Waals surface area contributed by atoms with Crippen molar-refractivity contribution in [3.63, 3.8) is 0 Å². The highest BCUT2D eigenvalue weighted by atomic mass is 79.9. The van der Waals surface area contributed by atoms with E-state index in [2.05, 4.69) is 22.0 Å². The lowest BCUT2D eigenvalue weighted by Gasteiger charge is -2.23. The Morgan fingerprint density at radius 1 is 0.929 bits per heavy atom. The summed E-state index contributed by atoms with van der Waals surface area (Å²) in [6.45, 7) is 0. The second-order valence-electron chi connectivity index (χ2n) is 6.45. The van der Waals surface area contributed by atoms with Crippen LogP contribution in [0.2, 0.25) is 10.0 Å². The van der Waals surface area contributed by atoms with Crippen molar-refractivity contribution in [2.45, 2.75) is 18.3 Å². The second-order valence-corrected chi connectivity index (χ2v) is 8.24. The number of halogens is 3. The maximum absolute atomic E-state index is 12.9. The van der Waals surface area contributed by atoms with Crippen LogP contribution in [0.1, 0.15) is 39.7 Å². The summed E-state index contributed by atoms with van der Waals surface area (Å²) in [4.78, 5) is 12.9. The molecule has 0 unspecified atom stereocenters. The van der Waals surface area contributed by atoms with Crippen LogP contribution in [0.4, 0.5) is 0 Å². The number of hydrogen-bond acceptors (Lipinski definition) is 2. The van der Waals surface area contributed by atoms with Crippen molar-refractivity contribution in [3.05, 3.63) is 104 Å². The Morgan fingerprint density at radius 3 is 2.21 bits per heavy atom. The lowest BCUT2D eigenvalue weighted by molar-refractivity contribution is 0.0971. The molecule has 28 heavy (non-hydrogen) atoms. The molecule has 0 N–H and O–H groups in total. The summed E-state index contributed by atoms with van der Waals surface area (Å²) in [5.41, 5.74) is 2.30. The SMILES string of the molecule is N#C[C@@H](c1cccc(Cl)c1)[C@H](CC(=O)c1ccc(Br)cc1)c1ccc(Cl)cc1. The summed E-state index contributed by atoms with van der Waals surface area (Å²) in [7, 11) is 0. The van der Waals surface area contributed by atoms with Gasteiger partial charge in [0.05, 0.1) is 12.0 Å². The topological polar surface area (TPSA) is 40.9 Å². The third-order valence-electron chi connectivity index (χ3n) is 4.62. The summed E-state index contributed by atoms with van der Waals surface area (Å²) >= 11 is 15.5. The molecule has 0 saturated carbocycles. The minimum Gasteiger partial charge on any atom is -0.294 e. The monoisotopic (exact) mass is 471 g/mol. The predicted molar refractivity (Wildman–Crippen MR) is 117 cm³/mol. The zero-order valence-electron chi connectivity index (χ0n) is 14.8. The summed E-state index contributed by atoms with van der Waals surface area (Å²) < 4.78 is 0.909. The minimum absolute atomic E-state index is 0.0188. The van der Waals surface area contributed by atoms with Crippen LogP contribution >= 0.6 is 39.1 Å². The maximum Gasteiger partial charge on any atom is 0.163 e. The summed E-state index contributed by atoms with van der Waals surface area (Å²) in [5.74, 6) is -0.856. The molecule has 0 amide bonds. The van der Waals surface area contributed by atoms with E-state index in [1.165, 1.54) is 0 Å². The molecule has 0 aliphatic heterocycles. The fourth-order valence-corrected chi connectivity index (χ4v) is 3.78. The van der Waals surface area contributed by atoms with Crippen molar-refractivity contribution in [2.75, 3.05) is 0 Å². The van der Waals surface area contributed by atoms with Crippen molar-refractivity contribution in [1.29, 1.82) is 5.26 Å². The van der Waals surface area contributed by atoms with E-state index < -0.39 is 5.92 Å². The highest BCUT2D eigenvalue weighted by Gasteiger charge is 2.28. The summed E-state index contributed by atoms with van der Waals surface area (Å²) in [6, 6.07) is 24.1. The Bertz CT molecular complexity index is 1010. The minimum atomic E-state index is -0.515. The van der Waals surface area contributed by atoms with Gasteiger partial charge in [-0.25, -0.2) is 0 Å². The number of ketones is 1. The van der Waals surface area contributed by atoms with Gasteiger partial charge < -0.3 is 0 Å². The van der Waals surface area contributed by atoms with Crippen molar-refractivity contribution < 1.29 is 4.79 Å². The Labute approximate surface area is 182 Å². The zero-order valence-corrected chi connectivity index (χ0v) is 17.9. The van der Waals surface area contributed by atoms with E-state index in [-0.39, 0.29) is 18.1 Å². The van der Waals surface area contributed by atoms with Crippen LogP contribution in [0.15, 0.2) is 77.3 Å². The van der Waals surface area contributed by atoms with E-state index in [1.54, 1.807) is 36.4 Å². The Morgan fingerprint density at radius 2 is 1.61 bits per heavy atom. The van der Waals surface area contributed by atoms with Gasteiger partial charge in [-0.3, -0.25) is 4.79 Å². The largest absolute Gasteiger partial charge is 0.294 e. The molecule has 0 fully saturated rings. The zero-order chi connectivity index (χ0) is 20.1. The molecule has 5 heteroatoms. The molecule has 140 valence electrons. The molecular formula is C23H16BrCl2NO. The lowest BCUT2D eigenvalue weighted by atomic mass is 9.78. The van der Waals surface area contributed by atoms with Crippen LogP contribution in [-0.4, -0.2) is 5.78 Å². The van der Waals surface area contributed by atoms with Crippen LogP contribution in [-0.2, 0) is 0 Å². The average molecular weight is 473 g/mol. The van der Waals surface area contributed by atoms with Crippen LogP contribution in [0.3, 0.4) is 0 Å². The van der Waals surface area contributed by atoms with Gasteiger partial charge in [-0.05, 0) is 47.5 Å². The molecule has 0 saturated heterocycles.